The average Bonchev–Trinajstić information content (AvgIpc) is 2.48. The summed E-state index contributed by atoms with van der Waals surface area (Å²) in [5.41, 5.74) is 0. The van der Waals surface area contributed by atoms with E-state index < -0.39 is 0 Å². The number of carbonyl (C=O) groups excluding carboxylic acids is 2. The molecule has 0 aromatic rings. The molecule has 0 saturated carbocycles. The van der Waals surface area contributed by atoms with Crippen LogP contribution in [0.25, 0.3) is 0 Å². The Labute approximate surface area is 97.0 Å². The Kier molecular flexibility index (Phi) is 9.74. The molecular weight excluding hydrogens is 210 g/mol. The van der Waals surface area contributed by atoms with Crippen LogP contribution in [0, 0.1) is 0 Å². The van der Waals surface area contributed by atoms with E-state index in [2.05, 4.69) is 0 Å². The van der Waals surface area contributed by atoms with Crippen LogP contribution < -0.4 is 0 Å². The summed E-state index contributed by atoms with van der Waals surface area (Å²) >= 11 is 0. The molecule has 0 radical (unpaired) electrons. The van der Waals surface area contributed by atoms with Crippen LogP contribution in [0.3, 0.4) is 0 Å². The van der Waals surface area contributed by atoms with Crippen molar-refractivity contribution in [2.45, 2.75) is 14.9 Å². The summed E-state index contributed by atoms with van der Waals surface area (Å²) in [6.45, 7) is 1.64. The second-order valence-corrected chi connectivity index (χ2v) is 2.77. The van der Waals surface area contributed by atoms with Crippen LogP contribution >= 0.6 is 0 Å². The third-order valence-corrected chi connectivity index (χ3v) is 1.79. The molecular formula is C11H21NO4. The molecule has 5 nitrogen and oxygen atoms in total. The molecule has 0 atom stereocenters. The fourth-order valence-corrected chi connectivity index (χ4v) is 1.05. The van der Waals surface area contributed by atoms with Crippen molar-refractivity contribution in [3.63, 3.8) is 0 Å². The van der Waals surface area contributed by atoms with E-state index in [1.807, 2.05) is 0 Å². The number of carbonyl (C=O) groups is 2. The van der Waals surface area contributed by atoms with Gasteiger partial charge in [0.2, 0.25) is 0 Å². The number of amides is 2. The van der Waals surface area contributed by atoms with Gasteiger partial charge < -0.3 is 9.47 Å². The lowest BCUT2D eigenvalue weighted by atomic mass is 10.5. The molecule has 5 heteroatoms. The number of nitrogens with zero attached hydrogens (tertiary/aromatic N) is 1. The second-order valence-electron chi connectivity index (χ2n) is 2.77. The molecule has 0 spiro atoms. The lowest BCUT2D eigenvalue weighted by Gasteiger charge is -2.13. The van der Waals surface area contributed by atoms with E-state index in [0.717, 1.165) is 4.90 Å². The first-order valence-electron chi connectivity index (χ1n) is 4.36. The van der Waals surface area contributed by atoms with Gasteiger partial charge in [-0.25, -0.2) is 0 Å². The quantitative estimate of drug-likeness (QED) is 0.502. The summed E-state index contributed by atoms with van der Waals surface area (Å²) in [5, 5.41) is 0. The van der Waals surface area contributed by atoms with Crippen LogP contribution in [0.2, 0.25) is 0 Å². The molecule has 0 bridgehead atoms. The number of methoxy groups -OCH3 is 1. The van der Waals surface area contributed by atoms with Gasteiger partial charge in [-0.05, 0) is 0 Å². The van der Waals surface area contributed by atoms with Crippen molar-refractivity contribution in [2.24, 2.45) is 0 Å². The molecule has 0 aliphatic carbocycles. The normalized spacial score (nSPS) is 13.7. The number of imide groups is 1. The average molecular weight is 231 g/mol. The zero-order valence-corrected chi connectivity index (χ0v) is 8.06. The highest BCUT2D eigenvalue weighted by atomic mass is 16.5. The van der Waals surface area contributed by atoms with Gasteiger partial charge in [-0.3, -0.25) is 14.5 Å². The van der Waals surface area contributed by atoms with Gasteiger partial charge in [0.25, 0.3) is 11.8 Å². The molecule has 1 heterocycles. The van der Waals surface area contributed by atoms with Gasteiger partial charge in [0.1, 0.15) is 0 Å². The van der Waals surface area contributed by atoms with Gasteiger partial charge in [-0.15, -0.1) is 0 Å². The highest BCUT2D eigenvalue weighted by Crippen LogP contribution is 2.02. The Morgan fingerprint density at radius 3 is 2.12 bits per heavy atom. The minimum atomic E-state index is -0.273. The van der Waals surface area contributed by atoms with Crippen molar-refractivity contribution in [1.29, 1.82) is 0 Å². The summed E-state index contributed by atoms with van der Waals surface area (Å²) in [6, 6.07) is 0. The van der Waals surface area contributed by atoms with E-state index in [1.165, 1.54) is 12.2 Å². The van der Waals surface area contributed by atoms with Crippen LogP contribution in [0.5, 0.6) is 0 Å². The van der Waals surface area contributed by atoms with Gasteiger partial charge in [0, 0.05) is 19.3 Å². The lowest BCUT2D eigenvalue weighted by Crippen LogP contribution is -2.33. The van der Waals surface area contributed by atoms with Crippen molar-refractivity contribution in [3.8, 4) is 0 Å². The highest BCUT2D eigenvalue weighted by Gasteiger charge is 2.22. The Hall–Kier alpha value is -1.20. The van der Waals surface area contributed by atoms with Gasteiger partial charge >= 0.3 is 0 Å². The summed E-state index contributed by atoms with van der Waals surface area (Å²) in [7, 11) is 1.58. The fourth-order valence-electron chi connectivity index (χ4n) is 1.05. The first-order chi connectivity index (χ1) is 6.75. The monoisotopic (exact) mass is 231 g/mol. The van der Waals surface area contributed by atoms with E-state index >= 15 is 0 Å². The first kappa shape index (κ1) is 17.2. The maximum atomic E-state index is 11.0. The van der Waals surface area contributed by atoms with E-state index in [1.54, 1.807) is 7.11 Å². The van der Waals surface area contributed by atoms with Crippen LogP contribution in [0.15, 0.2) is 12.2 Å². The summed E-state index contributed by atoms with van der Waals surface area (Å²) < 4.78 is 9.91. The zero-order valence-electron chi connectivity index (χ0n) is 8.06. The summed E-state index contributed by atoms with van der Waals surface area (Å²) in [4.78, 5) is 23.2. The Bertz CT molecular complexity index is 232. The van der Waals surface area contributed by atoms with Gasteiger partial charge in [0.15, 0.2) is 0 Å². The first-order valence-corrected chi connectivity index (χ1v) is 4.36. The Morgan fingerprint density at radius 1 is 1.06 bits per heavy atom. The van der Waals surface area contributed by atoms with Crippen LogP contribution in [-0.4, -0.2) is 50.2 Å². The predicted molar refractivity (Wildman–Crippen MR) is 62.0 cm³/mol. The second kappa shape index (κ2) is 9.06. The van der Waals surface area contributed by atoms with Gasteiger partial charge in [0.05, 0.1) is 26.4 Å². The number of rotatable bonds is 6. The Balaban J connectivity index is 0. The molecule has 0 saturated heterocycles. The van der Waals surface area contributed by atoms with Crippen molar-refractivity contribution >= 4 is 11.8 Å². The van der Waals surface area contributed by atoms with Crippen molar-refractivity contribution in [3.05, 3.63) is 12.2 Å². The molecule has 1 aliphatic heterocycles. The molecule has 2 amide bonds. The van der Waals surface area contributed by atoms with Crippen molar-refractivity contribution in [2.75, 3.05) is 33.5 Å². The van der Waals surface area contributed by atoms with E-state index in [0.29, 0.717) is 26.4 Å². The van der Waals surface area contributed by atoms with Crippen LogP contribution in [0.1, 0.15) is 14.9 Å². The largest absolute Gasteiger partial charge is 0.382 e. The third kappa shape index (κ3) is 5.04. The maximum Gasteiger partial charge on any atom is 0.253 e. The maximum absolute atomic E-state index is 11.0. The van der Waals surface area contributed by atoms with E-state index in [4.69, 9.17) is 9.47 Å². The zero-order chi connectivity index (χ0) is 10.4. The SMILES string of the molecule is C.C.COCCOCCN1C(=O)C=CC1=O. The number of hydrogen-bond donors (Lipinski definition) is 0. The minimum absolute atomic E-state index is 0. The number of ether oxygens (including phenoxy) is 2. The lowest BCUT2D eigenvalue weighted by molar-refractivity contribution is -0.137. The van der Waals surface area contributed by atoms with E-state index in [-0.39, 0.29) is 26.7 Å². The Morgan fingerprint density at radius 2 is 1.62 bits per heavy atom. The van der Waals surface area contributed by atoms with Crippen LogP contribution in [-0.2, 0) is 19.1 Å². The van der Waals surface area contributed by atoms with Crippen molar-refractivity contribution in [1.82, 2.24) is 4.90 Å². The predicted octanol–water partition coefficient (Wildman–Crippen LogP) is 0.847. The smallest absolute Gasteiger partial charge is 0.253 e. The molecule has 0 aromatic carbocycles. The third-order valence-electron chi connectivity index (χ3n) is 1.79. The molecule has 0 fully saturated rings. The minimum Gasteiger partial charge on any atom is -0.382 e. The molecule has 1 rings (SSSR count). The van der Waals surface area contributed by atoms with Crippen molar-refractivity contribution < 1.29 is 19.1 Å². The van der Waals surface area contributed by atoms with Gasteiger partial charge in [-0.1, -0.05) is 14.9 Å². The topological polar surface area (TPSA) is 55.8 Å². The molecule has 1 aliphatic rings. The molecule has 94 valence electrons. The number of hydrogen-bond acceptors (Lipinski definition) is 4. The fraction of sp³-hybridized carbons (Fsp3) is 0.636. The molecule has 16 heavy (non-hydrogen) atoms. The molecule has 0 aromatic heterocycles. The molecule has 0 N–H and O–H groups in total. The van der Waals surface area contributed by atoms with E-state index in [9.17, 15) is 9.59 Å². The van der Waals surface area contributed by atoms with Crippen LogP contribution in [0.4, 0.5) is 0 Å². The standard InChI is InChI=1S/C9H13NO4.2CH4/c1-13-6-7-14-5-4-10-8(11)2-3-9(10)12;;/h2-3H,4-7H2,1H3;2*1H4. The summed E-state index contributed by atoms with van der Waals surface area (Å²) in [5.74, 6) is -0.546. The summed E-state index contributed by atoms with van der Waals surface area (Å²) in [6.07, 6.45) is 2.52. The van der Waals surface area contributed by atoms with Gasteiger partial charge in [-0.2, -0.15) is 0 Å². The highest BCUT2D eigenvalue weighted by molar-refractivity contribution is 6.12. The molecule has 0 unspecified atom stereocenters.